The summed E-state index contributed by atoms with van der Waals surface area (Å²) >= 11 is 0. The molecule has 0 aliphatic carbocycles. The average molecular weight is 430 g/mol. The maximum Gasteiger partial charge on any atom is 0.257 e. The second-order valence-electron chi connectivity index (χ2n) is 7.52. The Morgan fingerprint density at radius 1 is 1.09 bits per heavy atom. The Morgan fingerprint density at radius 3 is 2.62 bits per heavy atom. The van der Waals surface area contributed by atoms with Gasteiger partial charge in [-0.2, -0.15) is 5.10 Å². The molecule has 0 bridgehead atoms. The van der Waals surface area contributed by atoms with Crippen LogP contribution in [0, 0.1) is 6.92 Å². The topological polar surface area (TPSA) is 111 Å². The van der Waals surface area contributed by atoms with Gasteiger partial charge in [-0.05, 0) is 42.3 Å². The first-order chi connectivity index (χ1) is 15.3. The van der Waals surface area contributed by atoms with E-state index in [-0.39, 0.29) is 29.2 Å². The predicted molar refractivity (Wildman–Crippen MR) is 120 cm³/mol. The molecule has 1 amide bonds. The van der Waals surface area contributed by atoms with Crippen molar-refractivity contribution >= 4 is 5.91 Å². The third-order valence-corrected chi connectivity index (χ3v) is 5.21. The normalized spacial score (nSPS) is 10.8. The van der Waals surface area contributed by atoms with Crippen molar-refractivity contribution in [3.05, 3.63) is 94.0 Å². The van der Waals surface area contributed by atoms with Gasteiger partial charge in [0.25, 0.3) is 5.91 Å². The van der Waals surface area contributed by atoms with Gasteiger partial charge < -0.3 is 20.1 Å². The molecular formula is C24H22N4O4. The van der Waals surface area contributed by atoms with E-state index in [1.807, 2.05) is 31.2 Å². The second-order valence-corrected chi connectivity index (χ2v) is 7.52. The zero-order chi connectivity index (χ0) is 22.8. The Kier molecular flexibility index (Phi) is 5.51. The molecule has 2 aromatic carbocycles. The monoisotopic (exact) mass is 430 g/mol. The summed E-state index contributed by atoms with van der Waals surface area (Å²) in [6, 6.07) is 15.1. The molecule has 0 aliphatic rings. The third-order valence-electron chi connectivity index (χ3n) is 5.21. The van der Waals surface area contributed by atoms with Crippen LogP contribution in [-0.4, -0.2) is 42.8 Å². The number of pyridine rings is 1. The number of amides is 1. The Balaban J connectivity index is 1.72. The van der Waals surface area contributed by atoms with Crippen LogP contribution >= 0.6 is 0 Å². The van der Waals surface area contributed by atoms with Crippen molar-refractivity contribution in [2.24, 2.45) is 0 Å². The van der Waals surface area contributed by atoms with Crippen LogP contribution in [0.4, 0.5) is 0 Å². The van der Waals surface area contributed by atoms with E-state index in [1.165, 1.54) is 23.2 Å². The number of carbonyl (C=O) groups is 1. The fourth-order valence-corrected chi connectivity index (χ4v) is 3.59. The maximum absolute atomic E-state index is 13.1. The number of aromatic amines is 1. The molecule has 0 saturated carbocycles. The molecule has 8 heteroatoms. The lowest BCUT2D eigenvalue weighted by Crippen LogP contribution is -2.27. The number of aromatic hydroxyl groups is 2. The number of carbonyl (C=O) groups excluding carboxylic acids is 1. The van der Waals surface area contributed by atoms with Crippen LogP contribution in [0.5, 0.6) is 11.5 Å². The number of aryl methyl sites for hydroxylation is 1. The molecule has 3 N–H and O–H groups in total. The molecule has 8 nitrogen and oxygen atoms in total. The van der Waals surface area contributed by atoms with Crippen LogP contribution in [0.15, 0.2) is 71.8 Å². The smallest absolute Gasteiger partial charge is 0.257 e. The zero-order valence-electron chi connectivity index (χ0n) is 17.6. The molecule has 4 aromatic rings. The van der Waals surface area contributed by atoms with Gasteiger partial charge >= 0.3 is 0 Å². The quantitative estimate of drug-likeness (QED) is 0.450. The number of hydrogen-bond acceptors (Lipinski definition) is 5. The fourth-order valence-electron chi connectivity index (χ4n) is 3.59. The average Bonchev–Trinajstić information content (AvgIpc) is 3.23. The summed E-state index contributed by atoms with van der Waals surface area (Å²) in [7, 11) is 1.58. The highest BCUT2D eigenvalue weighted by Crippen LogP contribution is 2.36. The van der Waals surface area contributed by atoms with Crippen molar-refractivity contribution in [2.45, 2.75) is 13.5 Å². The van der Waals surface area contributed by atoms with Crippen molar-refractivity contribution in [3.63, 3.8) is 0 Å². The van der Waals surface area contributed by atoms with Crippen LogP contribution in [0.1, 0.15) is 21.5 Å². The Labute approximate surface area is 184 Å². The molecule has 0 radical (unpaired) electrons. The van der Waals surface area contributed by atoms with Crippen LogP contribution in [0.25, 0.3) is 16.9 Å². The number of rotatable bonds is 5. The van der Waals surface area contributed by atoms with Gasteiger partial charge in [0.2, 0.25) is 5.56 Å². The molecule has 0 unspecified atom stereocenters. The number of aromatic nitrogens is 3. The van der Waals surface area contributed by atoms with Crippen molar-refractivity contribution < 1.29 is 15.0 Å². The van der Waals surface area contributed by atoms with E-state index < -0.39 is 5.91 Å². The third kappa shape index (κ3) is 3.98. The number of benzene rings is 2. The van der Waals surface area contributed by atoms with E-state index in [0.717, 1.165) is 17.3 Å². The summed E-state index contributed by atoms with van der Waals surface area (Å²) in [5.74, 6) is -0.964. The van der Waals surface area contributed by atoms with Gasteiger partial charge in [-0.15, -0.1) is 0 Å². The summed E-state index contributed by atoms with van der Waals surface area (Å²) in [5, 5.41) is 25.3. The minimum Gasteiger partial charge on any atom is -0.507 e. The molecule has 0 fully saturated rings. The summed E-state index contributed by atoms with van der Waals surface area (Å²) in [5.41, 5.74) is 3.18. The van der Waals surface area contributed by atoms with Crippen molar-refractivity contribution in [1.82, 2.24) is 19.7 Å². The Morgan fingerprint density at radius 2 is 1.88 bits per heavy atom. The van der Waals surface area contributed by atoms with Crippen molar-refractivity contribution in [2.75, 3.05) is 7.05 Å². The van der Waals surface area contributed by atoms with Crippen LogP contribution in [0.2, 0.25) is 0 Å². The predicted octanol–water partition coefficient (Wildman–Crippen LogP) is 3.22. The van der Waals surface area contributed by atoms with E-state index in [2.05, 4.69) is 10.1 Å². The number of para-hydroxylation sites is 1. The van der Waals surface area contributed by atoms with Gasteiger partial charge in [-0.25, -0.2) is 4.68 Å². The number of nitrogens with one attached hydrogen (secondary N) is 1. The van der Waals surface area contributed by atoms with Crippen molar-refractivity contribution in [3.8, 4) is 28.4 Å². The Hall–Kier alpha value is -4.33. The van der Waals surface area contributed by atoms with Crippen LogP contribution < -0.4 is 5.56 Å². The lowest BCUT2D eigenvalue weighted by Gasteiger charge is -2.19. The van der Waals surface area contributed by atoms with E-state index in [9.17, 15) is 19.8 Å². The van der Waals surface area contributed by atoms with E-state index in [1.54, 1.807) is 30.1 Å². The summed E-state index contributed by atoms with van der Waals surface area (Å²) in [6.45, 7) is 2.13. The molecule has 0 saturated heterocycles. The molecule has 4 rings (SSSR count). The lowest BCUT2D eigenvalue weighted by atomic mass is 10.0. The van der Waals surface area contributed by atoms with Gasteiger partial charge in [-0.3, -0.25) is 9.59 Å². The zero-order valence-corrected chi connectivity index (χ0v) is 17.6. The fraction of sp³-hybridized carbons (Fsp3) is 0.125. The molecule has 0 spiro atoms. The number of phenols is 2. The van der Waals surface area contributed by atoms with E-state index in [4.69, 9.17) is 0 Å². The van der Waals surface area contributed by atoms with Crippen molar-refractivity contribution in [1.29, 1.82) is 0 Å². The summed E-state index contributed by atoms with van der Waals surface area (Å²) in [4.78, 5) is 28.5. The number of hydrogen-bond donors (Lipinski definition) is 3. The van der Waals surface area contributed by atoms with Crippen LogP contribution in [-0.2, 0) is 6.54 Å². The molecule has 2 aromatic heterocycles. The standard InChI is InChI=1S/C24H22N4O4/c1-15-5-3-4-6-19(15)28-20(8-10-26-28)17-12-18(22(30)13-21(17)29)24(32)27(2)14-16-7-9-25-23(31)11-16/h3-13,29-30H,14H2,1-2H3,(H,25,31). The highest BCUT2D eigenvalue weighted by Gasteiger charge is 2.21. The molecule has 2 heterocycles. The first-order valence-electron chi connectivity index (χ1n) is 9.94. The largest absolute Gasteiger partial charge is 0.507 e. The van der Waals surface area contributed by atoms with Gasteiger partial charge in [-0.1, -0.05) is 18.2 Å². The molecule has 0 atom stereocenters. The number of H-pyrrole nitrogens is 1. The van der Waals surface area contributed by atoms with Gasteiger partial charge in [0.05, 0.1) is 23.1 Å². The number of nitrogens with zero attached hydrogens (tertiary/aromatic N) is 3. The first kappa shape index (κ1) is 20.9. The molecule has 162 valence electrons. The number of phenolic OH excluding ortho intramolecular Hbond substituents is 2. The Bertz CT molecular complexity index is 1360. The van der Waals surface area contributed by atoms with Gasteiger partial charge in [0.1, 0.15) is 11.5 Å². The SMILES string of the molecule is Cc1ccccc1-n1nccc1-c1cc(C(=O)N(C)Cc2cc[nH]c(=O)c2)c(O)cc1O. The van der Waals surface area contributed by atoms with Crippen LogP contribution in [0.3, 0.4) is 0 Å². The van der Waals surface area contributed by atoms with E-state index >= 15 is 0 Å². The highest BCUT2D eigenvalue weighted by atomic mass is 16.3. The summed E-state index contributed by atoms with van der Waals surface area (Å²) < 4.78 is 1.68. The van der Waals surface area contributed by atoms with Gasteiger partial charge in [0, 0.05) is 37.5 Å². The minimum atomic E-state index is -0.453. The molecule has 32 heavy (non-hydrogen) atoms. The summed E-state index contributed by atoms with van der Waals surface area (Å²) in [6.07, 6.45) is 3.12. The second kappa shape index (κ2) is 8.43. The molecular weight excluding hydrogens is 408 g/mol. The highest BCUT2D eigenvalue weighted by molar-refractivity contribution is 5.98. The van der Waals surface area contributed by atoms with E-state index in [0.29, 0.717) is 16.8 Å². The van der Waals surface area contributed by atoms with Gasteiger partial charge in [0.15, 0.2) is 0 Å². The first-order valence-corrected chi connectivity index (χ1v) is 9.94. The lowest BCUT2D eigenvalue weighted by molar-refractivity contribution is 0.0782. The maximum atomic E-state index is 13.1. The minimum absolute atomic E-state index is 0.0303. The molecule has 0 aliphatic heterocycles.